The average Bonchev–Trinajstić information content (AvgIpc) is 2.13. The largest absolute Gasteiger partial charge is 0.380 e. The molecule has 1 aliphatic rings. The number of rotatable bonds is 1. The minimum atomic E-state index is -0.749. The molecule has 15 heavy (non-hydrogen) atoms. The summed E-state index contributed by atoms with van der Waals surface area (Å²) in [5.74, 6) is 0. The van der Waals surface area contributed by atoms with Crippen molar-refractivity contribution < 1.29 is 9.84 Å². The van der Waals surface area contributed by atoms with Crippen molar-refractivity contribution in [3.05, 3.63) is 35.4 Å². The van der Waals surface area contributed by atoms with Gasteiger partial charge < -0.3 is 9.84 Å². The molecular weight excluding hydrogens is 188 g/mol. The Labute approximate surface area is 90.9 Å². The lowest BCUT2D eigenvalue weighted by Crippen LogP contribution is -2.46. The molecule has 1 aromatic rings. The van der Waals surface area contributed by atoms with Crippen molar-refractivity contribution in [2.45, 2.75) is 31.8 Å². The fourth-order valence-corrected chi connectivity index (χ4v) is 1.74. The van der Waals surface area contributed by atoms with Crippen LogP contribution >= 0.6 is 0 Å². The lowest BCUT2D eigenvalue weighted by molar-refractivity contribution is -0.184. The Morgan fingerprint density at radius 2 is 1.93 bits per heavy atom. The molecule has 0 aromatic heterocycles. The fraction of sp³-hybridized carbons (Fsp3) is 0.538. The second kappa shape index (κ2) is 3.32. The van der Waals surface area contributed by atoms with Crippen molar-refractivity contribution in [1.82, 2.24) is 0 Å². The highest BCUT2D eigenvalue weighted by Crippen LogP contribution is 2.32. The fourth-order valence-electron chi connectivity index (χ4n) is 1.74. The summed E-state index contributed by atoms with van der Waals surface area (Å²) in [4.78, 5) is 0. The quantitative estimate of drug-likeness (QED) is 0.763. The van der Waals surface area contributed by atoms with E-state index in [9.17, 15) is 5.11 Å². The molecule has 0 spiro atoms. The van der Waals surface area contributed by atoms with Gasteiger partial charge in [0.2, 0.25) is 0 Å². The monoisotopic (exact) mass is 206 g/mol. The van der Waals surface area contributed by atoms with E-state index in [4.69, 9.17) is 4.74 Å². The van der Waals surface area contributed by atoms with Crippen LogP contribution in [0.3, 0.4) is 0 Å². The first-order valence-electron chi connectivity index (χ1n) is 5.33. The van der Waals surface area contributed by atoms with Crippen molar-refractivity contribution in [1.29, 1.82) is 0 Å². The predicted molar refractivity (Wildman–Crippen MR) is 59.9 cm³/mol. The van der Waals surface area contributed by atoms with Crippen molar-refractivity contribution in [2.24, 2.45) is 0 Å². The van der Waals surface area contributed by atoms with Crippen LogP contribution in [-0.2, 0) is 15.8 Å². The summed E-state index contributed by atoms with van der Waals surface area (Å²) in [5, 5.41) is 10.1. The molecule has 0 saturated carbocycles. The lowest BCUT2D eigenvalue weighted by atomic mass is 9.83. The second-order valence-electron chi connectivity index (χ2n) is 5.36. The van der Waals surface area contributed by atoms with Crippen LogP contribution in [0.5, 0.6) is 0 Å². The number of aliphatic hydroxyl groups is 1. The van der Waals surface area contributed by atoms with Gasteiger partial charge in [0.1, 0.15) is 5.60 Å². The molecule has 2 heteroatoms. The third-order valence-electron chi connectivity index (χ3n) is 2.95. The number of benzene rings is 1. The van der Waals surface area contributed by atoms with E-state index in [0.29, 0.717) is 13.2 Å². The van der Waals surface area contributed by atoms with Crippen LogP contribution in [0.4, 0.5) is 0 Å². The topological polar surface area (TPSA) is 29.5 Å². The zero-order valence-electron chi connectivity index (χ0n) is 9.58. The van der Waals surface area contributed by atoms with E-state index < -0.39 is 5.60 Å². The Morgan fingerprint density at radius 3 is 2.40 bits per heavy atom. The Hall–Kier alpha value is -0.860. The zero-order chi connectivity index (χ0) is 11.1. The molecule has 1 aliphatic heterocycles. The van der Waals surface area contributed by atoms with Gasteiger partial charge >= 0.3 is 0 Å². The maximum absolute atomic E-state index is 10.1. The normalized spacial score (nSPS) is 19.7. The van der Waals surface area contributed by atoms with Crippen LogP contribution in [0.2, 0.25) is 0 Å². The van der Waals surface area contributed by atoms with Crippen LogP contribution in [0, 0.1) is 0 Å². The molecule has 0 bridgehead atoms. The molecule has 0 aliphatic carbocycles. The van der Waals surface area contributed by atoms with Gasteiger partial charge in [0.05, 0.1) is 13.2 Å². The van der Waals surface area contributed by atoms with Crippen molar-refractivity contribution in [3.63, 3.8) is 0 Å². The SMILES string of the molecule is CC(C)(C)c1cccc(C2(O)COC2)c1. The molecule has 82 valence electrons. The lowest BCUT2D eigenvalue weighted by Gasteiger charge is -2.37. The Balaban J connectivity index is 2.35. The number of hydrogen-bond acceptors (Lipinski definition) is 2. The Morgan fingerprint density at radius 1 is 1.27 bits per heavy atom. The van der Waals surface area contributed by atoms with E-state index in [1.54, 1.807) is 0 Å². The van der Waals surface area contributed by atoms with Gasteiger partial charge in [0.25, 0.3) is 0 Å². The van der Waals surface area contributed by atoms with Crippen LogP contribution < -0.4 is 0 Å². The summed E-state index contributed by atoms with van der Waals surface area (Å²) in [7, 11) is 0. The smallest absolute Gasteiger partial charge is 0.136 e. The van der Waals surface area contributed by atoms with Gasteiger partial charge in [-0.2, -0.15) is 0 Å². The molecular formula is C13H18O2. The first-order chi connectivity index (χ1) is 6.92. The summed E-state index contributed by atoms with van der Waals surface area (Å²) >= 11 is 0. The van der Waals surface area contributed by atoms with Crippen molar-refractivity contribution in [2.75, 3.05) is 13.2 Å². The van der Waals surface area contributed by atoms with Crippen molar-refractivity contribution >= 4 is 0 Å². The maximum Gasteiger partial charge on any atom is 0.136 e. The third kappa shape index (κ3) is 1.92. The van der Waals surface area contributed by atoms with Crippen LogP contribution in [0.25, 0.3) is 0 Å². The summed E-state index contributed by atoms with van der Waals surface area (Å²) in [5.41, 5.74) is 1.60. The van der Waals surface area contributed by atoms with E-state index in [0.717, 1.165) is 5.56 Å². The van der Waals surface area contributed by atoms with Crippen molar-refractivity contribution in [3.8, 4) is 0 Å². The Bertz CT molecular complexity index is 359. The zero-order valence-corrected chi connectivity index (χ0v) is 9.58. The van der Waals surface area contributed by atoms with Gasteiger partial charge in [-0.1, -0.05) is 45.0 Å². The first kappa shape index (κ1) is 10.7. The van der Waals surface area contributed by atoms with E-state index in [1.165, 1.54) is 5.56 Å². The first-order valence-corrected chi connectivity index (χ1v) is 5.33. The summed E-state index contributed by atoms with van der Waals surface area (Å²) in [6.07, 6.45) is 0. The van der Waals surface area contributed by atoms with Gasteiger partial charge in [-0.25, -0.2) is 0 Å². The van der Waals surface area contributed by atoms with Crippen LogP contribution in [-0.4, -0.2) is 18.3 Å². The third-order valence-corrected chi connectivity index (χ3v) is 2.95. The molecule has 1 N–H and O–H groups in total. The molecule has 2 rings (SSSR count). The molecule has 0 atom stereocenters. The standard InChI is InChI=1S/C13H18O2/c1-12(2,3)10-5-4-6-11(7-10)13(14)8-15-9-13/h4-7,14H,8-9H2,1-3H3. The van der Waals surface area contributed by atoms with Gasteiger partial charge in [-0.05, 0) is 16.5 Å². The second-order valence-corrected chi connectivity index (χ2v) is 5.36. The molecule has 1 aromatic carbocycles. The van der Waals surface area contributed by atoms with E-state index in [2.05, 4.69) is 32.9 Å². The average molecular weight is 206 g/mol. The molecule has 0 unspecified atom stereocenters. The van der Waals surface area contributed by atoms with E-state index in [1.807, 2.05) is 12.1 Å². The van der Waals surface area contributed by atoms with Crippen LogP contribution in [0.15, 0.2) is 24.3 Å². The molecule has 1 saturated heterocycles. The number of ether oxygens (including phenoxy) is 1. The Kier molecular flexibility index (Phi) is 2.36. The maximum atomic E-state index is 10.1. The summed E-state index contributed by atoms with van der Waals surface area (Å²) in [6, 6.07) is 8.17. The minimum absolute atomic E-state index is 0.122. The summed E-state index contributed by atoms with van der Waals surface area (Å²) in [6.45, 7) is 7.36. The molecule has 0 radical (unpaired) electrons. The predicted octanol–water partition coefficient (Wildman–Crippen LogP) is 2.20. The molecule has 1 fully saturated rings. The van der Waals surface area contributed by atoms with Gasteiger partial charge in [0, 0.05) is 0 Å². The number of hydrogen-bond donors (Lipinski definition) is 1. The highest BCUT2D eigenvalue weighted by atomic mass is 16.5. The van der Waals surface area contributed by atoms with E-state index in [-0.39, 0.29) is 5.41 Å². The molecule has 1 heterocycles. The highest BCUT2D eigenvalue weighted by Gasteiger charge is 2.38. The molecule has 2 nitrogen and oxygen atoms in total. The van der Waals surface area contributed by atoms with Gasteiger partial charge in [-0.15, -0.1) is 0 Å². The molecule has 0 amide bonds. The van der Waals surface area contributed by atoms with Gasteiger partial charge in [0.15, 0.2) is 0 Å². The van der Waals surface area contributed by atoms with Gasteiger partial charge in [-0.3, -0.25) is 0 Å². The minimum Gasteiger partial charge on any atom is -0.380 e. The van der Waals surface area contributed by atoms with Crippen LogP contribution in [0.1, 0.15) is 31.9 Å². The van der Waals surface area contributed by atoms with E-state index >= 15 is 0 Å². The highest BCUT2D eigenvalue weighted by molar-refractivity contribution is 5.33. The summed E-state index contributed by atoms with van der Waals surface area (Å²) < 4.78 is 5.07.